The van der Waals surface area contributed by atoms with Crippen LogP contribution < -0.4 is 4.84 Å². The molecule has 0 radical (unpaired) electrons. The molecule has 0 aromatic carbocycles. The van der Waals surface area contributed by atoms with Gasteiger partial charge in [0.1, 0.15) is 5.76 Å². The highest BCUT2D eigenvalue weighted by molar-refractivity contribution is 6.13. The van der Waals surface area contributed by atoms with Crippen LogP contribution in [0.25, 0.3) is 0 Å². The molecule has 0 rings (SSSR count). The van der Waals surface area contributed by atoms with E-state index in [0.717, 1.165) is 0 Å². The molecule has 0 heterocycles. The van der Waals surface area contributed by atoms with Crippen molar-refractivity contribution in [3.05, 3.63) is 12.3 Å². The first-order valence-corrected chi connectivity index (χ1v) is 3.28. The Hall–Kier alpha value is -0.210. The third-order valence-electron chi connectivity index (χ3n) is 0.976. The quantitative estimate of drug-likeness (QED) is 0.485. The van der Waals surface area contributed by atoms with Crippen LogP contribution in [-0.2, 0) is 4.74 Å². The highest BCUT2D eigenvalue weighted by Gasteiger charge is 2.02. The summed E-state index contributed by atoms with van der Waals surface area (Å²) in [6, 6.07) is 0.0200. The van der Waals surface area contributed by atoms with Crippen molar-refractivity contribution >= 4 is 11.8 Å². The van der Waals surface area contributed by atoms with E-state index in [2.05, 4.69) is 11.4 Å². The monoisotopic (exact) mass is 149 g/mol. The lowest BCUT2D eigenvalue weighted by molar-refractivity contribution is 0.210. The topological polar surface area (TPSA) is 21.3 Å². The van der Waals surface area contributed by atoms with Crippen LogP contribution in [0.5, 0.6) is 0 Å². The molecule has 0 aliphatic heterocycles. The minimum atomic E-state index is 0.0200. The van der Waals surface area contributed by atoms with Gasteiger partial charge in [0, 0.05) is 0 Å². The zero-order valence-corrected chi connectivity index (χ0v) is 6.53. The number of hydrogen-bond donors (Lipinski definition) is 1. The lowest BCUT2D eigenvalue weighted by Gasteiger charge is -2.11. The molecule has 1 atom stereocenters. The molecular weight excluding hydrogens is 138 g/mol. The smallest absolute Gasteiger partial charge is 0.107 e. The van der Waals surface area contributed by atoms with E-state index in [1.807, 2.05) is 13.8 Å². The number of hydrogen-bond acceptors (Lipinski definition) is 2. The van der Waals surface area contributed by atoms with Crippen LogP contribution >= 0.6 is 11.8 Å². The average Bonchev–Trinajstić information content (AvgIpc) is 1.87. The summed E-state index contributed by atoms with van der Waals surface area (Å²) in [5, 5.41) is 0. The minimum absolute atomic E-state index is 0.0200. The van der Waals surface area contributed by atoms with Gasteiger partial charge in [-0.05, 0) is 25.6 Å². The first-order chi connectivity index (χ1) is 4.22. The van der Waals surface area contributed by atoms with Gasteiger partial charge in [-0.3, -0.25) is 0 Å². The second-order valence-corrected chi connectivity index (χ2v) is 1.95. The lowest BCUT2D eigenvalue weighted by atomic mass is 10.3. The number of rotatable bonds is 4. The summed E-state index contributed by atoms with van der Waals surface area (Å²) in [5.74, 6) is 0.674. The fourth-order valence-electron chi connectivity index (χ4n) is 0.371. The summed E-state index contributed by atoms with van der Waals surface area (Å²) in [6.07, 6.45) is 0. The van der Waals surface area contributed by atoms with Gasteiger partial charge < -0.3 is 4.74 Å². The second-order valence-electron chi connectivity index (χ2n) is 1.73. The van der Waals surface area contributed by atoms with Crippen molar-refractivity contribution in [1.82, 2.24) is 4.84 Å². The van der Waals surface area contributed by atoms with Gasteiger partial charge in [0.2, 0.25) is 0 Å². The number of nitrogens with one attached hydrogen (secondary N) is 1. The van der Waals surface area contributed by atoms with E-state index in [1.165, 1.54) is 0 Å². The van der Waals surface area contributed by atoms with Gasteiger partial charge in [-0.1, -0.05) is 6.58 Å². The molecule has 0 saturated heterocycles. The predicted octanol–water partition coefficient (Wildman–Crippen LogP) is 1.67. The fourth-order valence-corrected chi connectivity index (χ4v) is 0.493. The maximum Gasteiger partial charge on any atom is 0.107 e. The molecule has 0 amide bonds. The van der Waals surface area contributed by atoms with Gasteiger partial charge in [0.05, 0.1) is 12.6 Å². The zero-order valence-electron chi connectivity index (χ0n) is 5.78. The first-order valence-electron chi connectivity index (χ1n) is 2.90. The molecule has 1 N–H and O–H groups in total. The average molecular weight is 150 g/mol. The Kier molecular flexibility index (Phi) is 4.54. The van der Waals surface area contributed by atoms with E-state index in [0.29, 0.717) is 12.4 Å². The third-order valence-corrected chi connectivity index (χ3v) is 1.30. The predicted molar refractivity (Wildman–Crippen MR) is 39.2 cm³/mol. The van der Waals surface area contributed by atoms with Crippen molar-refractivity contribution in [2.75, 3.05) is 6.61 Å². The van der Waals surface area contributed by atoms with E-state index in [4.69, 9.17) is 16.5 Å². The molecule has 3 heteroatoms. The maximum atomic E-state index is 5.29. The Bertz CT molecular complexity index is 95.1. The summed E-state index contributed by atoms with van der Waals surface area (Å²) < 4.78 is 5.05. The van der Waals surface area contributed by atoms with Crippen LogP contribution in [0.2, 0.25) is 0 Å². The molecule has 2 nitrogen and oxygen atoms in total. The summed E-state index contributed by atoms with van der Waals surface area (Å²) in [7, 11) is 0. The molecule has 0 aliphatic rings. The van der Waals surface area contributed by atoms with E-state index in [-0.39, 0.29) is 6.04 Å². The summed E-state index contributed by atoms with van der Waals surface area (Å²) in [4.78, 5) is 2.50. The van der Waals surface area contributed by atoms with Crippen LogP contribution in [0.15, 0.2) is 12.3 Å². The SMILES string of the molecule is C=C(OCC)C(C)NCl. The van der Waals surface area contributed by atoms with Crippen molar-refractivity contribution in [1.29, 1.82) is 0 Å². The van der Waals surface area contributed by atoms with Gasteiger partial charge in [-0.25, -0.2) is 4.84 Å². The van der Waals surface area contributed by atoms with Crippen LogP contribution in [-0.4, -0.2) is 12.6 Å². The van der Waals surface area contributed by atoms with Crippen molar-refractivity contribution in [2.45, 2.75) is 19.9 Å². The Balaban J connectivity index is 3.46. The molecule has 0 bridgehead atoms. The number of halogens is 1. The van der Waals surface area contributed by atoms with Crippen molar-refractivity contribution in [3.8, 4) is 0 Å². The minimum Gasteiger partial charge on any atom is -0.497 e. The fraction of sp³-hybridized carbons (Fsp3) is 0.667. The molecule has 9 heavy (non-hydrogen) atoms. The van der Waals surface area contributed by atoms with Gasteiger partial charge in [-0.2, -0.15) is 0 Å². The van der Waals surface area contributed by atoms with E-state index >= 15 is 0 Å². The molecule has 0 aromatic heterocycles. The second kappa shape index (κ2) is 4.65. The van der Waals surface area contributed by atoms with Gasteiger partial charge in [0.25, 0.3) is 0 Å². The highest BCUT2D eigenvalue weighted by Crippen LogP contribution is 2.00. The standard InChI is InChI=1S/C6H12ClNO/c1-4-9-6(3)5(2)8-7/h5,8H,3-4H2,1-2H3. The van der Waals surface area contributed by atoms with Crippen molar-refractivity contribution in [3.63, 3.8) is 0 Å². The van der Waals surface area contributed by atoms with Crippen LogP contribution in [0.1, 0.15) is 13.8 Å². The highest BCUT2D eigenvalue weighted by atomic mass is 35.5. The molecule has 0 aromatic rings. The van der Waals surface area contributed by atoms with E-state index in [9.17, 15) is 0 Å². The summed E-state index contributed by atoms with van der Waals surface area (Å²) in [5.41, 5.74) is 0. The number of ether oxygens (including phenoxy) is 1. The van der Waals surface area contributed by atoms with Crippen molar-refractivity contribution in [2.24, 2.45) is 0 Å². The van der Waals surface area contributed by atoms with Gasteiger partial charge in [-0.15, -0.1) is 0 Å². The summed E-state index contributed by atoms with van der Waals surface area (Å²) in [6.45, 7) is 8.08. The third kappa shape index (κ3) is 3.38. The van der Waals surface area contributed by atoms with E-state index in [1.54, 1.807) is 0 Å². The van der Waals surface area contributed by atoms with Crippen LogP contribution in [0.3, 0.4) is 0 Å². The zero-order chi connectivity index (χ0) is 7.28. The largest absolute Gasteiger partial charge is 0.497 e. The maximum absolute atomic E-state index is 5.29. The molecule has 0 aliphatic carbocycles. The Labute approximate surface area is 61.0 Å². The van der Waals surface area contributed by atoms with Gasteiger partial charge >= 0.3 is 0 Å². The Morgan fingerprint density at radius 2 is 2.44 bits per heavy atom. The molecular formula is C6H12ClNO. The van der Waals surface area contributed by atoms with Crippen LogP contribution in [0.4, 0.5) is 0 Å². The lowest BCUT2D eigenvalue weighted by Crippen LogP contribution is -2.19. The Morgan fingerprint density at radius 1 is 1.89 bits per heavy atom. The summed E-state index contributed by atoms with van der Waals surface area (Å²) >= 11 is 5.29. The molecule has 0 saturated carbocycles. The molecule has 54 valence electrons. The first kappa shape index (κ1) is 8.79. The molecule has 1 unspecified atom stereocenters. The van der Waals surface area contributed by atoms with Crippen LogP contribution in [0, 0.1) is 0 Å². The normalized spacial score (nSPS) is 12.8. The van der Waals surface area contributed by atoms with Crippen molar-refractivity contribution < 1.29 is 4.74 Å². The Morgan fingerprint density at radius 3 is 2.78 bits per heavy atom. The van der Waals surface area contributed by atoms with E-state index < -0.39 is 0 Å². The van der Waals surface area contributed by atoms with Gasteiger partial charge in [0.15, 0.2) is 0 Å². The molecule has 0 spiro atoms. The molecule has 0 fully saturated rings.